The monoisotopic (exact) mass is 312 g/mol. The lowest BCUT2D eigenvalue weighted by atomic mass is 10.2. The second-order valence-corrected chi connectivity index (χ2v) is 3.54. The summed E-state index contributed by atoms with van der Waals surface area (Å²) in [6, 6.07) is 0. The van der Waals surface area contributed by atoms with Gasteiger partial charge in [-0.15, -0.1) is 13.2 Å². The van der Waals surface area contributed by atoms with Gasteiger partial charge in [-0.05, 0) is 6.92 Å². The van der Waals surface area contributed by atoms with Crippen molar-refractivity contribution in [3.8, 4) is 5.88 Å². The SMILES string of the molecule is CCOC(=O)Cc1cnc(OC(F)(F)F)c([N+](=O)[O-])c1F. The molecule has 1 aromatic rings. The second kappa shape index (κ2) is 6.33. The number of alkyl halides is 3. The van der Waals surface area contributed by atoms with E-state index in [0.29, 0.717) is 6.20 Å². The summed E-state index contributed by atoms with van der Waals surface area (Å²) >= 11 is 0. The van der Waals surface area contributed by atoms with Gasteiger partial charge < -0.3 is 9.47 Å². The number of hydrogen-bond donors (Lipinski definition) is 0. The van der Waals surface area contributed by atoms with Gasteiger partial charge in [-0.25, -0.2) is 4.98 Å². The van der Waals surface area contributed by atoms with Gasteiger partial charge in [0.25, 0.3) is 0 Å². The molecule has 0 fully saturated rings. The first-order chi connectivity index (χ1) is 9.65. The molecule has 0 saturated heterocycles. The molecule has 0 aromatic carbocycles. The highest BCUT2D eigenvalue weighted by atomic mass is 19.4. The number of halogens is 4. The number of aromatic nitrogens is 1. The molecule has 0 bridgehead atoms. The Balaban J connectivity index is 3.20. The fraction of sp³-hybridized carbons (Fsp3) is 0.400. The summed E-state index contributed by atoms with van der Waals surface area (Å²) in [6.45, 7) is 1.47. The molecule has 0 radical (unpaired) electrons. The largest absolute Gasteiger partial charge is 0.574 e. The van der Waals surface area contributed by atoms with Crippen molar-refractivity contribution in [3.63, 3.8) is 0 Å². The minimum Gasteiger partial charge on any atom is -0.466 e. The van der Waals surface area contributed by atoms with Gasteiger partial charge >= 0.3 is 23.9 Å². The minimum atomic E-state index is -5.27. The summed E-state index contributed by atoms with van der Waals surface area (Å²) in [6.07, 6.45) is -5.44. The number of nitrogens with zero attached hydrogens (tertiary/aromatic N) is 2. The van der Waals surface area contributed by atoms with Crippen molar-refractivity contribution < 1.29 is 36.8 Å². The predicted molar refractivity (Wildman–Crippen MR) is 57.9 cm³/mol. The third kappa shape index (κ3) is 4.54. The average Bonchev–Trinajstić information content (AvgIpc) is 2.30. The number of nitro groups is 1. The minimum absolute atomic E-state index is 0.00869. The van der Waals surface area contributed by atoms with Crippen LogP contribution >= 0.6 is 0 Å². The van der Waals surface area contributed by atoms with Crippen LogP contribution in [0.3, 0.4) is 0 Å². The first-order valence-electron chi connectivity index (χ1n) is 5.38. The van der Waals surface area contributed by atoms with E-state index in [1.54, 1.807) is 0 Å². The summed E-state index contributed by atoms with van der Waals surface area (Å²) in [7, 11) is 0. The highest BCUT2D eigenvalue weighted by molar-refractivity contribution is 5.73. The molecule has 0 aliphatic carbocycles. The Labute approximate surface area is 114 Å². The van der Waals surface area contributed by atoms with Crippen LogP contribution in [0.25, 0.3) is 0 Å². The van der Waals surface area contributed by atoms with E-state index in [2.05, 4.69) is 14.5 Å². The molecular weight excluding hydrogens is 304 g/mol. The highest BCUT2D eigenvalue weighted by Crippen LogP contribution is 2.33. The summed E-state index contributed by atoms with van der Waals surface area (Å²) in [5, 5.41) is 10.7. The van der Waals surface area contributed by atoms with Gasteiger partial charge in [0.1, 0.15) is 0 Å². The molecule has 0 aliphatic rings. The van der Waals surface area contributed by atoms with Crippen molar-refractivity contribution in [2.75, 3.05) is 6.61 Å². The van der Waals surface area contributed by atoms with E-state index in [9.17, 15) is 32.5 Å². The van der Waals surface area contributed by atoms with Gasteiger partial charge in [-0.2, -0.15) is 4.39 Å². The van der Waals surface area contributed by atoms with Gasteiger partial charge in [-0.3, -0.25) is 14.9 Å². The molecule has 7 nitrogen and oxygen atoms in total. The molecule has 0 saturated carbocycles. The third-order valence-corrected chi connectivity index (χ3v) is 2.07. The fourth-order valence-corrected chi connectivity index (χ4v) is 1.33. The molecular formula is C10H8F4N2O5. The van der Waals surface area contributed by atoms with E-state index in [0.717, 1.165) is 0 Å². The Morgan fingerprint density at radius 2 is 2.10 bits per heavy atom. The molecule has 116 valence electrons. The average molecular weight is 312 g/mol. The van der Waals surface area contributed by atoms with Gasteiger partial charge in [0.05, 0.1) is 18.0 Å². The van der Waals surface area contributed by atoms with Crippen LogP contribution in [0, 0.1) is 15.9 Å². The molecule has 0 amide bonds. The first kappa shape index (κ1) is 16.6. The first-order valence-corrected chi connectivity index (χ1v) is 5.38. The van der Waals surface area contributed by atoms with E-state index >= 15 is 0 Å². The van der Waals surface area contributed by atoms with Gasteiger partial charge in [-0.1, -0.05) is 0 Å². The number of carbonyl (C=O) groups excluding carboxylic acids is 1. The zero-order valence-corrected chi connectivity index (χ0v) is 10.4. The topological polar surface area (TPSA) is 91.6 Å². The summed E-state index contributed by atoms with van der Waals surface area (Å²) in [5.74, 6) is -4.09. The second-order valence-electron chi connectivity index (χ2n) is 3.54. The van der Waals surface area contributed by atoms with Gasteiger partial charge in [0.15, 0.2) is 0 Å². The smallest absolute Gasteiger partial charge is 0.466 e. The summed E-state index contributed by atoms with van der Waals surface area (Å²) in [4.78, 5) is 23.4. The quantitative estimate of drug-likeness (QED) is 0.358. The Kier molecular flexibility index (Phi) is 5.00. The summed E-state index contributed by atoms with van der Waals surface area (Å²) < 4.78 is 57.7. The maximum atomic E-state index is 13.8. The van der Waals surface area contributed by atoms with E-state index in [4.69, 9.17) is 0 Å². The van der Waals surface area contributed by atoms with Crippen molar-refractivity contribution in [3.05, 3.63) is 27.7 Å². The van der Waals surface area contributed by atoms with Crippen molar-refractivity contribution in [2.45, 2.75) is 19.7 Å². The van der Waals surface area contributed by atoms with Crippen LogP contribution in [0.4, 0.5) is 23.2 Å². The lowest BCUT2D eigenvalue weighted by Gasteiger charge is -2.10. The maximum Gasteiger partial charge on any atom is 0.574 e. The maximum absolute atomic E-state index is 13.8. The Morgan fingerprint density at radius 3 is 2.57 bits per heavy atom. The van der Waals surface area contributed by atoms with Crippen LogP contribution in [-0.2, 0) is 16.0 Å². The molecule has 1 heterocycles. The van der Waals surface area contributed by atoms with Crippen molar-refractivity contribution >= 4 is 11.7 Å². The van der Waals surface area contributed by atoms with E-state index in [1.165, 1.54) is 6.92 Å². The van der Waals surface area contributed by atoms with Crippen molar-refractivity contribution in [1.82, 2.24) is 4.98 Å². The molecule has 0 atom stereocenters. The number of hydrogen-bond acceptors (Lipinski definition) is 6. The Morgan fingerprint density at radius 1 is 1.48 bits per heavy atom. The van der Waals surface area contributed by atoms with E-state index in [-0.39, 0.29) is 6.61 Å². The standard InChI is InChI=1S/C10H8F4N2O5/c1-2-20-6(17)3-5-4-15-9(21-10(12,13)14)8(7(5)11)16(18)19/h4H,2-3H2,1H3. The molecule has 0 spiro atoms. The number of pyridine rings is 1. The summed E-state index contributed by atoms with van der Waals surface area (Å²) in [5.41, 5.74) is -2.18. The molecule has 0 aliphatic heterocycles. The Hall–Kier alpha value is -2.46. The Bertz CT molecular complexity index is 561. The van der Waals surface area contributed by atoms with Gasteiger partial charge in [0, 0.05) is 11.8 Å². The zero-order chi connectivity index (χ0) is 16.2. The van der Waals surface area contributed by atoms with Gasteiger partial charge in [0.2, 0.25) is 5.82 Å². The van der Waals surface area contributed by atoms with Crippen LogP contribution in [0.5, 0.6) is 5.88 Å². The van der Waals surface area contributed by atoms with Crippen molar-refractivity contribution in [2.24, 2.45) is 0 Å². The molecule has 11 heteroatoms. The molecule has 0 N–H and O–H groups in total. The van der Waals surface area contributed by atoms with Crippen molar-refractivity contribution in [1.29, 1.82) is 0 Å². The molecule has 0 unspecified atom stereocenters. The number of ether oxygens (including phenoxy) is 2. The normalized spacial score (nSPS) is 11.1. The fourth-order valence-electron chi connectivity index (χ4n) is 1.33. The number of esters is 1. The lowest BCUT2D eigenvalue weighted by Crippen LogP contribution is -2.20. The number of rotatable bonds is 5. The highest BCUT2D eigenvalue weighted by Gasteiger charge is 2.38. The van der Waals surface area contributed by atoms with Crippen LogP contribution in [0.1, 0.15) is 12.5 Å². The van der Waals surface area contributed by atoms with Crippen LogP contribution in [0.15, 0.2) is 6.20 Å². The lowest BCUT2D eigenvalue weighted by molar-refractivity contribution is -0.392. The zero-order valence-electron chi connectivity index (χ0n) is 10.4. The van der Waals surface area contributed by atoms with Crippen LogP contribution in [-0.4, -0.2) is 28.8 Å². The van der Waals surface area contributed by atoms with E-state index in [1.807, 2.05) is 0 Å². The molecule has 1 aromatic heterocycles. The molecule has 21 heavy (non-hydrogen) atoms. The third-order valence-electron chi connectivity index (χ3n) is 2.07. The van der Waals surface area contributed by atoms with E-state index < -0.39 is 46.6 Å². The predicted octanol–water partition coefficient (Wildman–Crippen LogP) is 2.13. The molecule has 1 rings (SSSR count). The number of carbonyl (C=O) groups is 1. The van der Waals surface area contributed by atoms with Crippen LogP contribution < -0.4 is 4.74 Å². The van der Waals surface area contributed by atoms with Crippen LogP contribution in [0.2, 0.25) is 0 Å².